The number of hydrogen-bond donors (Lipinski definition) is 0. The Morgan fingerprint density at radius 3 is 2.88 bits per heavy atom. The number of aromatic nitrogens is 5. The lowest BCUT2D eigenvalue weighted by Gasteiger charge is -2.29. The van der Waals surface area contributed by atoms with Crippen molar-refractivity contribution in [3.05, 3.63) is 66.6 Å². The molecular weight excluding hydrogens is 316 g/mol. The third kappa shape index (κ3) is 3.83. The van der Waals surface area contributed by atoms with Crippen molar-refractivity contribution in [2.45, 2.75) is 32.1 Å². The van der Waals surface area contributed by atoms with E-state index in [4.69, 9.17) is 4.74 Å². The molecule has 0 aromatic carbocycles. The summed E-state index contributed by atoms with van der Waals surface area (Å²) >= 11 is 0. The van der Waals surface area contributed by atoms with Crippen molar-refractivity contribution in [1.29, 1.82) is 0 Å². The fraction of sp³-hybridized carbons (Fsp3) is 0.333. The van der Waals surface area contributed by atoms with Gasteiger partial charge in [0.25, 0.3) is 0 Å². The van der Waals surface area contributed by atoms with Gasteiger partial charge in [-0.15, -0.1) is 0 Å². The van der Waals surface area contributed by atoms with Gasteiger partial charge in [0.15, 0.2) is 0 Å². The Balaban J connectivity index is 1.51. The Morgan fingerprint density at radius 2 is 2.04 bits per heavy atom. The summed E-state index contributed by atoms with van der Waals surface area (Å²) in [5.74, 6) is 0.561. The summed E-state index contributed by atoms with van der Waals surface area (Å²) in [6.07, 6.45) is 11.5. The van der Waals surface area contributed by atoms with E-state index in [1.807, 2.05) is 18.5 Å². The van der Waals surface area contributed by atoms with Crippen molar-refractivity contribution < 1.29 is 4.74 Å². The molecule has 0 amide bonds. The van der Waals surface area contributed by atoms with Gasteiger partial charge in [-0.2, -0.15) is 5.10 Å². The normalized spacial score (nSPS) is 17.7. The van der Waals surface area contributed by atoms with Crippen LogP contribution in [0.4, 0.5) is 0 Å². The Labute approximate surface area is 146 Å². The molecule has 0 radical (unpaired) electrons. The number of ether oxygens (including phenoxy) is 1. The van der Waals surface area contributed by atoms with Crippen molar-refractivity contribution in [1.82, 2.24) is 29.6 Å². The van der Waals surface area contributed by atoms with E-state index in [9.17, 15) is 0 Å². The second-order valence-corrected chi connectivity index (χ2v) is 6.11. The van der Waals surface area contributed by atoms with E-state index < -0.39 is 0 Å². The van der Waals surface area contributed by atoms with Gasteiger partial charge in [0.2, 0.25) is 5.88 Å². The molecule has 7 heteroatoms. The van der Waals surface area contributed by atoms with E-state index in [1.165, 1.54) is 11.3 Å². The number of nitrogens with zero attached hydrogens (tertiary/aromatic N) is 6. The molecule has 1 unspecified atom stereocenters. The molecule has 7 nitrogen and oxygen atoms in total. The van der Waals surface area contributed by atoms with E-state index in [0.717, 1.165) is 26.1 Å². The fourth-order valence-electron chi connectivity index (χ4n) is 3.13. The predicted molar refractivity (Wildman–Crippen MR) is 91.6 cm³/mol. The maximum atomic E-state index is 5.88. The summed E-state index contributed by atoms with van der Waals surface area (Å²) in [5, 5.41) is 4.43. The summed E-state index contributed by atoms with van der Waals surface area (Å²) < 4.78 is 7.97. The molecule has 1 aliphatic rings. The van der Waals surface area contributed by atoms with Crippen LogP contribution in [0.2, 0.25) is 0 Å². The minimum atomic E-state index is 0.268. The summed E-state index contributed by atoms with van der Waals surface area (Å²) in [6, 6.07) is 6.43. The summed E-state index contributed by atoms with van der Waals surface area (Å²) in [6.45, 7) is 3.13. The van der Waals surface area contributed by atoms with E-state index in [0.29, 0.717) is 12.5 Å². The lowest BCUT2D eigenvalue weighted by Crippen LogP contribution is -2.38. The Kier molecular flexibility index (Phi) is 4.65. The highest BCUT2D eigenvalue weighted by molar-refractivity contribution is 5.10. The third-order valence-corrected chi connectivity index (χ3v) is 4.43. The van der Waals surface area contributed by atoms with Crippen molar-refractivity contribution in [2.24, 2.45) is 0 Å². The third-order valence-electron chi connectivity index (χ3n) is 4.43. The van der Waals surface area contributed by atoms with E-state index in [-0.39, 0.29) is 6.04 Å². The smallest absolute Gasteiger partial charge is 0.232 e. The second-order valence-electron chi connectivity index (χ2n) is 6.11. The van der Waals surface area contributed by atoms with Crippen molar-refractivity contribution in [3.8, 4) is 5.88 Å². The minimum absolute atomic E-state index is 0.268. The van der Waals surface area contributed by atoms with Gasteiger partial charge in [-0.1, -0.05) is 6.07 Å². The lowest BCUT2D eigenvalue weighted by atomic mass is 10.1. The zero-order valence-electron chi connectivity index (χ0n) is 13.9. The van der Waals surface area contributed by atoms with Crippen LogP contribution < -0.4 is 4.74 Å². The molecule has 1 atom stereocenters. The Morgan fingerprint density at radius 1 is 1.08 bits per heavy atom. The maximum absolute atomic E-state index is 5.88. The molecule has 0 aliphatic carbocycles. The van der Waals surface area contributed by atoms with Gasteiger partial charge in [0.05, 0.1) is 11.9 Å². The number of fused-ring (bicyclic) bond motifs is 1. The summed E-state index contributed by atoms with van der Waals surface area (Å²) in [7, 11) is 0. The molecule has 3 aromatic heterocycles. The molecule has 0 bridgehead atoms. The van der Waals surface area contributed by atoms with Crippen LogP contribution in [0.15, 0.2) is 55.4 Å². The van der Waals surface area contributed by atoms with Crippen LogP contribution in [0, 0.1) is 0 Å². The first kappa shape index (κ1) is 15.7. The number of rotatable bonds is 5. The van der Waals surface area contributed by atoms with Crippen molar-refractivity contribution >= 4 is 0 Å². The van der Waals surface area contributed by atoms with Crippen molar-refractivity contribution in [3.63, 3.8) is 0 Å². The first-order valence-electron chi connectivity index (χ1n) is 8.41. The molecule has 0 saturated carbocycles. The van der Waals surface area contributed by atoms with Crippen LogP contribution >= 0.6 is 0 Å². The van der Waals surface area contributed by atoms with Gasteiger partial charge in [0.1, 0.15) is 6.61 Å². The van der Waals surface area contributed by atoms with E-state index in [1.54, 1.807) is 24.8 Å². The quantitative estimate of drug-likeness (QED) is 0.709. The van der Waals surface area contributed by atoms with Crippen LogP contribution in [0.5, 0.6) is 5.88 Å². The zero-order chi connectivity index (χ0) is 16.9. The first-order valence-corrected chi connectivity index (χ1v) is 8.41. The topological polar surface area (TPSA) is 69.0 Å². The molecule has 1 aliphatic heterocycles. The fourth-order valence-corrected chi connectivity index (χ4v) is 3.13. The van der Waals surface area contributed by atoms with Crippen molar-refractivity contribution in [2.75, 3.05) is 6.61 Å². The highest BCUT2D eigenvalue weighted by Gasteiger charge is 2.25. The molecule has 0 spiro atoms. The molecule has 4 rings (SSSR count). The number of aryl methyl sites for hydroxylation is 1. The molecule has 0 fully saturated rings. The minimum Gasteiger partial charge on any atom is -0.475 e. The van der Waals surface area contributed by atoms with Crippen LogP contribution in [0.1, 0.15) is 17.7 Å². The molecule has 4 heterocycles. The molecule has 0 N–H and O–H groups in total. The SMILES string of the molecule is c1cncc(CN2Cc3ccnn3CCC2COc2cnccn2)c1. The summed E-state index contributed by atoms with van der Waals surface area (Å²) in [5.41, 5.74) is 2.42. The van der Waals surface area contributed by atoms with Crippen LogP contribution in [0.25, 0.3) is 0 Å². The largest absolute Gasteiger partial charge is 0.475 e. The molecule has 128 valence electrons. The number of pyridine rings is 1. The first-order chi connectivity index (χ1) is 12.4. The second kappa shape index (κ2) is 7.40. The molecule has 0 saturated heterocycles. The maximum Gasteiger partial charge on any atom is 0.232 e. The van der Waals surface area contributed by atoms with Crippen LogP contribution in [-0.4, -0.2) is 42.3 Å². The molecular formula is C18H20N6O. The summed E-state index contributed by atoms with van der Waals surface area (Å²) in [4.78, 5) is 14.9. The Hall–Kier alpha value is -2.80. The number of hydrogen-bond acceptors (Lipinski definition) is 6. The highest BCUT2D eigenvalue weighted by atomic mass is 16.5. The average molecular weight is 336 g/mol. The van der Waals surface area contributed by atoms with Gasteiger partial charge in [-0.25, -0.2) is 4.98 Å². The van der Waals surface area contributed by atoms with Crippen LogP contribution in [-0.2, 0) is 19.6 Å². The van der Waals surface area contributed by atoms with Gasteiger partial charge < -0.3 is 4.74 Å². The van der Waals surface area contributed by atoms with Gasteiger partial charge >= 0.3 is 0 Å². The lowest BCUT2D eigenvalue weighted by molar-refractivity contribution is 0.116. The van der Waals surface area contributed by atoms with E-state index >= 15 is 0 Å². The standard InChI is InChI=1S/C18H20N6O/c1-2-15(10-19-5-1)12-23-13-16-3-6-22-24(16)9-4-17(23)14-25-18-11-20-7-8-21-18/h1-3,5-8,10-11,17H,4,9,12-14H2. The average Bonchev–Trinajstić information content (AvgIpc) is 3.03. The van der Waals surface area contributed by atoms with Crippen LogP contribution in [0.3, 0.4) is 0 Å². The van der Waals surface area contributed by atoms with Gasteiger partial charge in [-0.05, 0) is 24.1 Å². The monoisotopic (exact) mass is 336 g/mol. The highest BCUT2D eigenvalue weighted by Crippen LogP contribution is 2.20. The Bertz CT molecular complexity index is 792. The molecule has 25 heavy (non-hydrogen) atoms. The van der Waals surface area contributed by atoms with Gasteiger partial charge in [-0.3, -0.25) is 19.5 Å². The zero-order valence-corrected chi connectivity index (χ0v) is 13.9. The van der Waals surface area contributed by atoms with Gasteiger partial charge in [0, 0.05) is 56.7 Å². The predicted octanol–water partition coefficient (Wildman–Crippen LogP) is 1.92. The molecule has 3 aromatic rings. The van der Waals surface area contributed by atoms with E-state index in [2.05, 4.69) is 41.8 Å².